The number of carboxylic acids is 1. The molecule has 0 radical (unpaired) electrons. The van der Waals surface area contributed by atoms with E-state index in [1.54, 1.807) is 6.92 Å². The van der Waals surface area contributed by atoms with Gasteiger partial charge in [-0.25, -0.2) is 12.1 Å². The van der Waals surface area contributed by atoms with Crippen LogP contribution < -0.4 is 5.73 Å². The summed E-state index contributed by atoms with van der Waals surface area (Å²) in [6, 6.07) is 16.5. The zero-order valence-corrected chi connectivity index (χ0v) is 13.6. The fourth-order valence-electron chi connectivity index (χ4n) is 1.01. The molecule has 21 heavy (non-hydrogen) atoms. The van der Waals surface area contributed by atoms with E-state index < -0.39 is 12.0 Å². The van der Waals surface area contributed by atoms with Crippen LogP contribution in [0.25, 0.3) is 0 Å². The number of hydrogen-bond donors (Lipinski definition) is 3. The SMILES string of the molecule is CC(=O)[c-]1cccc1.N[C@@H](CS)C(=O)O.[Fe].[cH-]1[cH-][cH-][cH-][cH-]1. The van der Waals surface area contributed by atoms with Crippen LogP contribution in [0.1, 0.15) is 17.3 Å². The zero-order chi connectivity index (χ0) is 15.4. The van der Waals surface area contributed by atoms with Crippen LogP contribution in [0, 0.1) is 0 Å². The Bertz CT molecular complexity index is 452. The van der Waals surface area contributed by atoms with Gasteiger partial charge < -0.3 is 46.0 Å². The molecule has 0 amide bonds. The fourth-order valence-corrected chi connectivity index (χ4v) is 1.16. The van der Waals surface area contributed by atoms with Gasteiger partial charge in [-0.1, -0.05) is 5.56 Å². The third-order valence-electron chi connectivity index (χ3n) is 2.14. The van der Waals surface area contributed by atoms with Gasteiger partial charge in [0.25, 0.3) is 0 Å². The van der Waals surface area contributed by atoms with Gasteiger partial charge in [0.2, 0.25) is 0 Å². The van der Waals surface area contributed by atoms with Crippen LogP contribution in [0.15, 0.2) is 54.6 Å². The molecule has 2 aromatic rings. The topological polar surface area (TPSA) is 80.4 Å². The zero-order valence-electron chi connectivity index (χ0n) is 11.6. The molecule has 0 saturated carbocycles. The van der Waals surface area contributed by atoms with Gasteiger partial charge in [0.1, 0.15) is 11.8 Å². The number of carbonyl (C=O) groups excluding carboxylic acids is 1. The van der Waals surface area contributed by atoms with Gasteiger partial charge in [-0.2, -0.15) is 24.8 Å². The molecule has 0 aliphatic carbocycles. The molecule has 1 atom stereocenters. The maximum Gasteiger partial charge on any atom is 0.321 e. The van der Waals surface area contributed by atoms with E-state index in [-0.39, 0.29) is 28.6 Å². The molecule has 0 heterocycles. The van der Waals surface area contributed by atoms with Gasteiger partial charge in [0.05, 0.1) is 0 Å². The van der Waals surface area contributed by atoms with Gasteiger partial charge in [0, 0.05) is 22.8 Å². The van der Waals surface area contributed by atoms with Crippen molar-refractivity contribution < 1.29 is 31.8 Å². The van der Waals surface area contributed by atoms with Crippen molar-refractivity contribution in [2.24, 2.45) is 5.73 Å². The third kappa shape index (κ3) is 12.1. The maximum absolute atomic E-state index is 10.5. The second-order valence-corrected chi connectivity index (χ2v) is 4.18. The van der Waals surface area contributed by atoms with Gasteiger partial charge in [-0.05, 0) is 6.92 Å². The molecule has 0 spiro atoms. The molecular weight excluding hydrogens is 330 g/mol. The molecule has 122 valence electrons. The van der Waals surface area contributed by atoms with Gasteiger partial charge in [-0.15, -0.1) is 0 Å². The van der Waals surface area contributed by atoms with E-state index in [2.05, 4.69) is 12.6 Å². The number of thiol groups is 1. The van der Waals surface area contributed by atoms with Gasteiger partial charge >= 0.3 is 5.97 Å². The number of hydrogen-bond acceptors (Lipinski definition) is 4. The smallest absolute Gasteiger partial charge is 0.321 e. The monoisotopic (exact) mass is 349 g/mol. The standard InChI is InChI=1S/C7H7O.C5H5.C3H7NO2S.Fe/c1-6(8)7-4-2-3-5-7;1-2-4-5-3-1;4-2(1-7)3(5)6;/h2-5H,1H3;1-5H;2,7H,1,4H2,(H,5,6);/q-1;-5;;/t;;2-;/m..0./s1. The van der Waals surface area contributed by atoms with E-state index >= 15 is 0 Å². The van der Waals surface area contributed by atoms with E-state index in [1.165, 1.54) is 0 Å². The Morgan fingerprint density at radius 1 is 1.19 bits per heavy atom. The van der Waals surface area contributed by atoms with Crippen LogP contribution in [-0.4, -0.2) is 28.7 Å². The van der Waals surface area contributed by atoms with Crippen molar-refractivity contribution in [3.63, 3.8) is 0 Å². The first kappa shape index (κ1) is 22.0. The number of ketones is 1. The first-order valence-corrected chi connectivity index (χ1v) is 6.60. The summed E-state index contributed by atoms with van der Waals surface area (Å²) in [6.07, 6.45) is 0. The Balaban J connectivity index is 0. The molecule has 2 rings (SSSR count). The predicted molar refractivity (Wildman–Crippen MR) is 83.5 cm³/mol. The van der Waals surface area contributed by atoms with Crippen LogP contribution in [0.5, 0.6) is 0 Å². The van der Waals surface area contributed by atoms with Crippen molar-refractivity contribution in [3.8, 4) is 0 Å². The Morgan fingerprint density at radius 2 is 1.57 bits per heavy atom. The summed E-state index contributed by atoms with van der Waals surface area (Å²) in [4.78, 5) is 20.3. The molecule has 0 fully saturated rings. The van der Waals surface area contributed by atoms with Crippen LogP contribution in [0.2, 0.25) is 0 Å². The van der Waals surface area contributed by atoms with Gasteiger partial charge in [0.15, 0.2) is 0 Å². The van der Waals surface area contributed by atoms with E-state index in [0.29, 0.717) is 0 Å². The molecule has 0 unspecified atom stereocenters. The summed E-state index contributed by atoms with van der Waals surface area (Å²) in [6.45, 7) is 1.56. The average molecular weight is 349 g/mol. The number of Topliss-reactive ketones (excluding diaryl/α,β-unsaturated/α-hetero) is 1. The number of rotatable bonds is 3. The Kier molecular flexibility index (Phi) is 14.3. The summed E-state index contributed by atoms with van der Waals surface area (Å²) in [5, 5.41) is 8.01. The van der Waals surface area contributed by atoms with Crippen LogP contribution in [0.3, 0.4) is 0 Å². The summed E-state index contributed by atoms with van der Waals surface area (Å²) >= 11 is 3.65. The van der Waals surface area contributed by atoms with E-state index in [4.69, 9.17) is 10.8 Å². The van der Waals surface area contributed by atoms with Crippen molar-refractivity contribution >= 4 is 24.4 Å². The average Bonchev–Trinajstić information content (AvgIpc) is 3.12. The number of carbonyl (C=O) groups is 2. The van der Waals surface area contributed by atoms with Crippen LogP contribution in [0.4, 0.5) is 0 Å². The Hall–Kier alpha value is -1.33. The first-order valence-electron chi connectivity index (χ1n) is 5.97. The minimum absolute atomic E-state index is 0. The van der Waals surface area contributed by atoms with E-state index in [0.717, 1.165) is 5.56 Å². The molecular formula is C15H19FeNO3S-6. The molecule has 2 aromatic carbocycles. The predicted octanol–water partition coefficient (Wildman–Crippen LogP) is 2.34. The largest absolute Gasteiger partial charge is 0.748 e. The molecule has 0 aliphatic heterocycles. The quantitative estimate of drug-likeness (QED) is 0.344. The first-order chi connectivity index (χ1) is 9.49. The normalized spacial score (nSPS) is 9.86. The second kappa shape index (κ2) is 13.6. The molecule has 0 saturated heterocycles. The van der Waals surface area contributed by atoms with Crippen LogP contribution >= 0.6 is 12.6 Å². The molecule has 6 heteroatoms. The van der Waals surface area contributed by atoms with Gasteiger partial charge in [-0.3, -0.25) is 4.79 Å². The van der Waals surface area contributed by atoms with Crippen molar-refractivity contribution in [2.75, 3.05) is 5.75 Å². The number of aliphatic carboxylic acids is 1. The molecule has 3 N–H and O–H groups in total. The van der Waals surface area contributed by atoms with Crippen molar-refractivity contribution in [2.45, 2.75) is 13.0 Å². The van der Waals surface area contributed by atoms with Crippen molar-refractivity contribution in [3.05, 3.63) is 60.2 Å². The minimum Gasteiger partial charge on any atom is -0.748 e. The summed E-state index contributed by atoms with van der Waals surface area (Å²) in [5.41, 5.74) is 5.74. The summed E-state index contributed by atoms with van der Waals surface area (Å²) < 4.78 is 0. The number of nitrogens with two attached hydrogens (primary N) is 1. The molecule has 0 bridgehead atoms. The number of carboxylic acid groups (broad SMARTS) is 1. The van der Waals surface area contributed by atoms with E-state index in [1.807, 2.05) is 54.6 Å². The minimum atomic E-state index is -1.00. The molecule has 4 nitrogen and oxygen atoms in total. The summed E-state index contributed by atoms with van der Waals surface area (Å²) in [7, 11) is 0. The molecule has 0 aromatic heterocycles. The second-order valence-electron chi connectivity index (χ2n) is 3.82. The van der Waals surface area contributed by atoms with Crippen molar-refractivity contribution in [1.82, 2.24) is 0 Å². The fraction of sp³-hybridized carbons (Fsp3) is 0.200. The van der Waals surface area contributed by atoms with E-state index in [9.17, 15) is 9.59 Å². The Labute approximate surface area is 141 Å². The maximum atomic E-state index is 10.5. The third-order valence-corrected chi connectivity index (χ3v) is 2.53. The van der Waals surface area contributed by atoms with Crippen molar-refractivity contribution in [1.29, 1.82) is 0 Å². The summed E-state index contributed by atoms with van der Waals surface area (Å²) in [5.74, 6) is -0.681. The van der Waals surface area contributed by atoms with Crippen LogP contribution in [-0.2, 0) is 21.9 Å². The Morgan fingerprint density at radius 3 is 1.71 bits per heavy atom. The molecule has 0 aliphatic rings.